The maximum Gasteiger partial charge on any atom is 0.152 e. The molecule has 2 bridgehead atoms. The van der Waals surface area contributed by atoms with Crippen LogP contribution < -0.4 is 5.32 Å². The molecule has 0 aromatic heterocycles. The largest absolute Gasteiger partial charge is 0.380 e. The first-order valence-electron chi connectivity index (χ1n) is 6.83. The van der Waals surface area contributed by atoms with E-state index in [2.05, 4.69) is 5.32 Å². The summed E-state index contributed by atoms with van der Waals surface area (Å²) in [6.45, 7) is 2.37. The van der Waals surface area contributed by atoms with E-state index in [0.717, 1.165) is 11.8 Å². The molecule has 0 heterocycles. The lowest BCUT2D eigenvalue weighted by Crippen LogP contribution is -2.21. The number of benzene rings is 1. The van der Waals surface area contributed by atoms with Crippen molar-refractivity contribution in [2.75, 3.05) is 11.9 Å². The van der Waals surface area contributed by atoms with Crippen molar-refractivity contribution in [2.24, 2.45) is 17.8 Å². The maximum absolute atomic E-state index is 13.8. The van der Waals surface area contributed by atoms with E-state index in [1.807, 2.05) is 0 Å². The first-order valence-corrected chi connectivity index (χ1v) is 6.83. The molecule has 98 valence electrons. The van der Waals surface area contributed by atoms with Crippen LogP contribution in [0.4, 0.5) is 14.5 Å². The fourth-order valence-corrected chi connectivity index (χ4v) is 3.68. The predicted molar refractivity (Wildman–Crippen MR) is 68.5 cm³/mol. The van der Waals surface area contributed by atoms with Gasteiger partial charge < -0.3 is 5.32 Å². The Kier molecular flexibility index (Phi) is 3.00. The number of hydrogen-bond acceptors (Lipinski definition) is 1. The molecule has 3 rings (SSSR count). The quantitative estimate of drug-likeness (QED) is 0.852. The zero-order valence-electron chi connectivity index (χ0n) is 10.7. The Morgan fingerprint density at radius 3 is 2.72 bits per heavy atom. The molecule has 3 atom stereocenters. The van der Waals surface area contributed by atoms with Gasteiger partial charge in [0, 0.05) is 6.54 Å². The number of nitrogens with one attached hydrogen (secondary N) is 1. The van der Waals surface area contributed by atoms with Gasteiger partial charge in [-0.1, -0.05) is 12.5 Å². The molecule has 0 amide bonds. The van der Waals surface area contributed by atoms with Crippen molar-refractivity contribution in [1.29, 1.82) is 0 Å². The van der Waals surface area contributed by atoms with E-state index in [0.29, 0.717) is 18.0 Å². The van der Waals surface area contributed by atoms with Gasteiger partial charge in [-0.15, -0.1) is 0 Å². The highest BCUT2D eigenvalue weighted by Gasteiger charge is 2.39. The smallest absolute Gasteiger partial charge is 0.152 e. The number of hydrogen-bond donors (Lipinski definition) is 1. The summed E-state index contributed by atoms with van der Waals surface area (Å²) in [5, 5.41) is 3.00. The molecule has 0 aliphatic heterocycles. The molecule has 1 N–H and O–H groups in total. The Bertz CT molecular complexity index is 458. The predicted octanol–water partition coefficient (Wildman–Crippen LogP) is 4.12. The second-order valence-electron chi connectivity index (χ2n) is 5.87. The van der Waals surface area contributed by atoms with Gasteiger partial charge in [0.25, 0.3) is 0 Å². The average molecular weight is 251 g/mol. The zero-order valence-corrected chi connectivity index (χ0v) is 10.7. The molecule has 3 unspecified atom stereocenters. The average Bonchev–Trinajstić information content (AvgIpc) is 2.96. The molecule has 2 aliphatic rings. The highest BCUT2D eigenvalue weighted by atomic mass is 19.1. The standard InChI is InChI=1S/C15H19F2N/c1-9-2-5-13(16)15(14(9)17)18-8-12-7-10-3-4-11(12)6-10/h2,5,10-12,18H,3-4,6-8H2,1H3. The van der Waals surface area contributed by atoms with Crippen LogP contribution in [-0.4, -0.2) is 6.54 Å². The molecule has 0 radical (unpaired) electrons. The van der Waals surface area contributed by atoms with Gasteiger partial charge in [-0.2, -0.15) is 0 Å². The molecule has 1 aromatic carbocycles. The third-order valence-electron chi connectivity index (χ3n) is 4.71. The minimum Gasteiger partial charge on any atom is -0.380 e. The highest BCUT2D eigenvalue weighted by molar-refractivity contribution is 5.49. The zero-order chi connectivity index (χ0) is 12.7. The molecule has 2 saturated carbocycles. The number of anilines is 1. The molecular weight excluding hydrogens is 232 g/mol. The molecule has 1 aromatic rings. The second kappa shape index (κ2) is 4.52. The van der Waals surface area contributed by atoms with Gasteiger partial charge in [0.05, 0.1) is 0 Å². The Hall–Kier alpha value is -1.12. The molecular formula is C15H19F2N. The van der Waals surface area contributed by atoms with Gasteiger partial charge in [-0.25, -0.2) is 8.78 Å². The van der Waals surface area contributed by atoms with Crippen LogP contribution in [0.5, 0.6) is 0 Å². The van der Waals surface area contributed by atoms with Crippen molar-refractivity contribution in [3.05, 3.63) is 29.3 Å². The van der Waals surface area contributed by atoms with Crippen molar-refractivity contribution >= 4 is 5.69 Å². The number of aryl methyl sites for hydroxylation is 1. The topological polar surface area (TPSA) is 12.0 Å². The number of fused-ring (bicyclic) bond motifs is 2. The third-order valence-corrected chi connectivity index (χ3v) is 4.71. The molecule has 3 heteroatoms. The van der Waals surface area contributed by atoms with Gasteiger partial charge in [-0.05, 0) is 55.6 Å². The Morgan fingerprint density at radius 2 is 2.06 bits per heavy atom. The Labute approximate surface area is 107 Å². The van der Waals surface area contributed by atoms with Crippen LogP contribution in [0.1, 0.15) is 31.2 Å². The molecule has 2 fully saturated rings. The van der Waals surface area contributed by atoms with Crippen molar-refractivity contribution in [3.63, 3.8) is 0 Å². The maximum atomic E-state index is 13.8. The SMILES string of the molecule is Cc1ccc(F)c(NCC2CC3CCC2C3)c1F. The first kappa shape index (κ1) is 11.9. The Morgan fingerprint density at radius 1 is 1.22 bits per heavy atom. The highest BCUT2D eigenvalue weighted by Crippen LogP contribution is 2.48. The van der Waals surface area contributed by atoms with Crippen LogP contribution in [0.3, 0.4) is 0 Å². The van der Waals surface area contributed by atoms with Crippen LogP contribution in [0, 0.1) is 36.3 Å². The van der Waals surface area contributed by atoms with E-state index in [9.17, 15) is 8.78 Å². The Balaban J connectivity index is 1.68. The van der Waals surface area contributed by atoms with Crippen LogP contribution in [0.25, 0.3) is 0 Å². The normalized spacial score (nSPS) is 29.8. The van der Waals surface area contributed by atoms with E-state index >= 15 is 0 Å². The minimum absolute atomic E-state index is 0.0535. The number of halogens is 2. The van der Waals surface area contributed by atoms with Crippen molar-refractivity contribution in [3.8, 4) is 0 Å². The molecule has 1 nitrogen and oxygen atoms in total. The van der Waals surface area contributed by atoms with E-state index < -0.39 is 11.6 Å². The summed E-state index contributed by atoms with van der Waals surface area (Å²) < 4.78 is 27.4. The van der Waals surface area contributed by atoms with Gasteiger partial charge in [-0.3, -0.25) is 0 Å². The summed E-state index contributed by atoms with van der Waals surface area (Å²) in [6, 6.07) is 2.81. The summed E-state index contributed by atoms with van der Waals surface area (Å²) in [6.07, 6.45) is 5.21. The van der Waals surface area contributed by atoms with Crippen LogP contribution >= 0.6 is 0 Å². The molecule has 2 aliphatic carbocycles. The summed E-state index contributed by atoms with van der Waals surface area (Å²) in [4.78, 5) is 0. The molecule has 18 heavy (non-hydrogen) atoms. The summed E-state index contributed by atoms with van der Waals surface area (Å²) >= 11 is 0. The summed E-state index contributed by atoms with van der Waals surface area (Å²) in [5.74, 6) is 1.31. The van der Waals surface area contributed by atoms with Crippen molar-refractivity contribution in [1.82, 2.24) is 0 Å². The second-order valence-corrected chi connectivity index (χ2v) is 5.87. The van der Waals surface area contributed by atoms with E-state index in [4.69, 9.17) is 0 Å². The van der Waals surface area contributed by atoms with Crippen LogP contribution in [0.15, 0.2) is 12.1 Å². The molecule has 0 saturated heterocycles. The van der Waals surface area contributed by atoms with E-state index in [1.165, 1.54) is 37.8 Å². The van der Waals surface area contributed by atoms with Gasteiger partial charge in [0.2, 0.25) is 0 Å². The summed E-state index contributed by atoms with van der Waals surface area (Å²) in [5.41, 5.74) is 0.546. The van der Waals surface area contributed by atoms with Gasteiger partial charge >= 0.3 is 0 Å². The van der Waals surface area contributed by atoms with Crippen LogP contribution in [-0.2, 0) is 0 Å². The molecule has 0 spiro atoms. The minimum atomic E-state index is -0.485. The van der Waals surface area contributed by atoms with Crippen molar-refractivity contribution < 1.29 is 8.78 Å². The lowest BCUT2D eigenvalue weighted by Gasteiger charge is -2.22. The van der Waals surface area contributed by atoms with E-state index in [1.54, 1.807) is 6.92 Å². The summed E-state index contributed by atoms with van der Waals surface area (Å²) in [7, 11) is 0. The number of rotatable bonds is 3. The van der Waals surface area contributed by atoms with Crippen molar-refractivity contribution in [2.45, 2.75) is 32.6 Å². The lowest BCUT2D eigenvalue weighted by molar-refractivity contribution is 0.347. The fourth-order valence-electron chi connectivity index (χ4n) is 3.68. The fraction of sp³-hybridized carbons (Fsp3) is 0.600. The lowest BCUT2D eigenvalue weighted by atomic mass is 9.89. The van der Waals surface area contributed by atoms with Gasteiger partial charge in [0.15, 0.2) is 5.82 Å². The monoisotopic (exact) mass is 251 g/mol. The first-order chi connectivity index (χ1) is 8.65. The van der Waals surface area contributed by atoms with E-state index in [-0.39, 0.29) is 5.69 Å². The van der Waals surface area contributed by atoms with Gasteiger partial charge in [0.1, 0.15) is 11.5 Å². The van der Waals surface area contributed by atoms with Crippen LogP contribution in [0.2, 0.25) is 0 Å². The third kappa shape index (κ3) is 2.00.